The van der Waals surface area contributed by atoms with Gasteiger partial charge in [-0.15, -0.1) is 5.10 Å². The molecule has 0 saturated carbocycles. The predicted molar refractivity (Wildman–Crippen MR) is 74.4 cm³/mol. The first-order valence-electron chi connectivity index (χ1n) is 6.22. The van der Waals surface area contributed by atoms with E-state index in [1.54, 1.807) is 11.8 Å². The number of carbonyl (C=O) groups is 1. The standard InChI is InChI=1S/C10H17N5O3S2/c1-7-9(19-14-13-7)10(16)15-4-2-3-8(6-15)5-12-20(11,17)18/h8,12H,2-6H2,1H3,(H2,11,17,18). The molecule has 1 aliphatic rings. The highest BCUT2D eigenvalue weighted by atomic mass is 32.2. The van der Waals surface area contributed by atoms with Crippen LogP contribution >= 0.6 is 11.5 Å². The average Bonchev–Trinajstić information content (AvgIpc) is 2.81. The van der Waals surface area contributed by atoms with E-state index in [0.717, 1.165) is 24.4 Å². The molecule has 0 aromatic carbocycles. The molecule has 1 fully saturated rings. The largest absolute Gasteiger partial charge is 0.338 e. The Morgan fingerprint density at radius 1 is 1.60 bits per heavy atom. The van der Waals surface area contributed by atoms with Crippen molar-refractivity contribution in [2.75, 3.05) is 19.6 Å². The Hall–Kier alpha value is -1.10. The average molecular weight is 319 g/mol. The van der Waals surface area contributed by atoms with Crippen molar-refractivity contribution in [3.05, 3.63) is 10.6 Å². The normalized spacial score (nSPS) is 20.1. The predicted octanol–water partition coefficient (Wildman–Crippen LogP) is -0.508. The van der Waals surface area contributed by atoms with E-state index in [2.05, 4.69) is 14.3 Å². The molecule has 1 aliphatic heterocycles. The number of aryl methyl sites for hydroxylation is 1. The molecule has 1 saturated heterocycles. The molecule has 8 nitrogen and oxygen atoms in total. The first kappa shape index (κ1) is 15.3. The molecule has 1 aromatic heterocycles. The molecule has 2 rings (SSSR count). The molecule has 1 atom stereocenters. The molecular weight excluding hydrogens is 302 g/mol. The van der Waals surface area contributed by atoms with Crippen molar-refractivity contribution in [1.29, 1.82) is 0 Å². The zero-order valence-electron chi connectivity index (χ0n) is 11.1. The maximum Gasteiger partial charge on any atom is 0.274 e. The third-order valence-corrected chi connectivity index (χ3v) is 4.61. The van der Waals surface area contributed by atoms with Crippen molar-refractivity contribution in [2.45, 2.75) is 19.8 Å². The number of nitrogens with two attached hydrogens (primary N) is 1. The van der Waals surface area contributed by atoms with Crippen LogP contribution in [-0.2, 0) is 10.2 Å². The molecule has 112 valence electrons. The topological polar surface area (TPSA) is 118 Å². The number of nitrogens with zero attached hydrogens (tertiary/aromatic N) is 3. The summed E-state index contributed by atoms with van der Waals surface area (Å²) in [5.74, 6) is -0.00924. The Kier molecular flexibility index (Phi) is 4.68. The van der Waals surface area contributed by atoms with Gasteiger partial charge in [0.15, 0.2) is 0 Å². The van der Waals surface area contributed by atoms with Gasteiger partial charge in [0.05, 0.1) is 5.69 Å². The summed E-state index contributed by atoms with van der Waals surface area (Å²) >= 11 is 1.09. The Balaban J connectivity index is 1.97. The second-order valence-electron chi connectivity index (χ2n) is 4.84. The summed E-state index contributed by atoms with van der Waals surface area (Å²) in [6.07, 6.45) is 1.71. The third-order valence-electron chi connectivity index (χ3n) is 3.23. The number of carbonyl (C=O) groups excluding carboxylic acids is 1. The van der Waals surface area contributed by atoms with Gasteiger partial charge in [-0.05, 0) is 37.2 Å². The number of likely N-dealkylation sites (tertiary alicyclic amines) is 1. The van der Waals surface area contributed by atoms with Crippen molar-refractivity contribution < 1.29 is 13.2 Å². The highest BCUT2D eigenvalue weighted by Crippen LogP contribution is 2.20. The van der Waals surface area contributed by atoms with E-state index in [1.165, 1.54) is 0 Å². The van der Waals surface area contributed by atoms with Crippen LogP contribution in [0.1, 0.15) is 28.2 Å². The molecule has 0 spiro atoms. The van der Waals surface area contributed by atoms with Gasteiger partial charge in [-0.25, -0.2) is 9.86 Å². The molecular formula is C10H17N5O3S2. The first-order chi connectivity index (χ1) is 9.37. The van der Waals surface area contributed by atoms with Gasteiger partial charge < -0.3 is 4.90 Å². The fourth-order valence-electron chi connectivity index (χ4n) is 2.22. The summed E-state index contributed by atoms with van der Waals surface area (Å²) in [6.45, 7) is 3.18. The lowest BCUT2D eigenvalue weighted by atomic mass is 9.98. The van der Waals surface area contributed by atoms with Crippen LogP contribution in [0.2, 0.25) is 0 Å². The van der Waals surface area contributed by atoms with Gasteiger partial charge in [0.25, 0.3) is 16.1 Å². The van der Waals surface area contributed by atoms with Crippen molar-refractivity contribution in [3.8, 4) is 0 Å². The Morgan fingerprint density at radius 3 is 2.95 bits per heavy atom. The minimum absolute atomic E-state index is 0.0761. The van der Waals surface area contributed by atoms with Gasteiger partial charge in [0.1, 0.15) is 4.88 Å². The van der Waals surface area contributed by atoms with E-state index in [1.807, 2.05) is 0 Å². The molecule has 2 heterocycles. The SMILES string of the molecule is Cc1nnsc1C(=O)N1CCCC(CNS(N)(=O)=O)C1. The van der Waals surface area contributed by atoms with Crippen LogP contribution in [0.3, 0.4) is 0 Å². The van der Waals surface area contributed by atoms with Gasteiger partial charge in [-0.3, -0.25) is 4.79 Å². The molecule has 20 heavy (non-hydrogen) atoms. The maximum atomic E-state index is 12.3. The second kappa shape index (κ2) is 6.12. The minimum atomic E-state index is -3.68. The monoisotopic (exact) mass is 319 g/mol. The molecule has 1 amide bonds. The molecule has 0 aliphatic carbocycles. The van der Waals surface area contributed by atoms with Crippen LogP contribution in [0.5, 0.6) is 0 Å². The maximum absolute atomic E-state index is 12.3. The van der Waals surface area contributed by atoms with Crippen LogP contribution in [-0.4, -0.2) is 48.4 Å². The summed E-state index contributed by atoms with van der Waals surface area (Å²) in [6, 6.07) is 0. The van der Waals surface area contributed by atoms with E-state index in [4.69, 9.17) is 5.14 Å². The number of hydrogen-bond acceptors (Lipinski definition) is 6. The van der Waals surface area contributed by atoms with Gasteiger partial charge in [0.2, 0.25) is 0 Å². The van der Waals surface area contributed by atoms with Gasteiger partial charge >= 0.3 is 0 Å². The quantitative estimate of drug-likeness (QED) is 0.775. The Labute approximate surface area is 121 Å². The minimum Gasteiger partial charge on any atom is -0.338 e. The zero-order valence-corrected chi connectivity index (χ0v) is 12.7. The van der Waals surface area contributed by atoms with Gasteiger partial charge in [0, 0.05) is 19.6 Å². The lowest BCUT2D eigenvalue weighted by molar-refractivity contribution is 0.0680. The fraction of sp³-hybridized carbons (Fsp3) is 0.700. The van der Waals surface area contributed by atoms with Crippen molar-refractivity contribution in [3.63, 3.8) is 0 Å². The Morgan fingerprint density at radius 2 is 2.35 bits per heavy atom. The number of aromatic nitrogens is 2. The van der Waals surface area contributed by atoms with Crippen molar-refractivity contribution in [2.24, 2.45) is 11.1 Å². The number of piperidine rings is 1. The zero-order chi connectivity index (χ0) is 14.8. The van der Waals surface area contributed by atoms with Gasteiger partial charge in [-0.2, -0.15) is 8.42 Å². The second-order valence-corrected chi connectivity index (χ2v) is 6.97. The van der Waals surface area contributed by atoms with Crippen molar-refractivity contribution >= 4 is 27.6 Å². The summed E-state index contributed by atoms with van der Waals surface area (Å²) in [4.78, 5) is 14.6. The van der Waals surface area contributed by atoms with Crippen molar-refractivity contribution in [1.82, 2.24) is 19.2 Å². The van der Waals surface area contributed by atoms with Crippen LogP contribution in [0, 0.1) is 12.8 Å². The van der Waals surface area contributed by atoms with Crippen LogP contribution in [0.4, 0.5) is 0 Å². The van der Waals surface area contributed by atoms with Crippen LogP contribution < -0.4 is 9.86 Å². The summed E-state index contributed by atoms with van der Waals surface area (Å²) in [7, 11) is -3.68. The van der Waals surface area contributed by atoms with Crippen LogP contribution in [0.15, 0.2) is 0 Å². The van der Waals surface area contributed by atoms with Gasteiger partial charge in [-0.1, -0.05) is 4.49 Å². The lowest BCUT2D eigenvalue weighted by Gasteiger charge is -2.32. The first-order valence-corrected chi connectivity index (χ1v) is 8.54. The van der Waals surface area contributed by atoms with Crippen LogP contribution in [0.25, 0.3) is 0 Å². The van der Waals surface area contributed by atoms with E-state index in [0.29, 0.717) is 23.7 Å². The summed E-state index contributed by atoms with van der Waals surface area (Å²) < 4.78 is 27.8. The Bertz CT molecular complexity index is 585. The number of hydrogen-bond donors (Lipinski definition) is 2. The summed E-state index contributed by atoms with van der Waals surface area (Å²) in [5, 5.41) is 8.74. The summed E-state index contributed by atoms with van der Waals surface area (Å²) in [5.41, 5.74) is 0.629. The molecule has 0 bridgehead atoms. The molecule has 1 unspecified atom stereocenters. The smallest absolute Gasteiger partial charge is 0.274 e. The molecule has 1 aromatic rings. The number of nitrogens with one attached hydrogen (secondary N) is 1. The van der Waals surface area contributed by atoms with E-state index < -0.39 is 10.2 Å². The van der Waals surface area contributed by atoms with E-state index in [-0.39, 0.29) is 18.4 Å². The molecule has 10 heteroatoms. The third kappa shape index (κ3) is 3.95. The van der Waals surface area contributed by atoms with E-state index in [9.17, 15) is 13.2 Å². The highest BCUT2D eigenvalue weighted by Gasteiger charge is 2.27. The molecule has 0 radical (unpaired) electrons. The fourth-order valence-corrected chi connectivity index (χ4v) is 3.31. The lowest BCUT2D eigenvalue weighted by Crippen LogP contribution is -2.44. The van der Waals surface area contributed by atoms with E-state index >= 15 is 0 Å². The molecule has 3 N–H and O–H groups in total. The highest BCUT2D eigenvalue weighted by molar-refractivity contribution is 7.87. The number of rotatable bonds is 4. The number of amides is 1.